The smallest absolute Gasteiger partial charge is 0.119 e. The third-order valence-corrected chi connectivity index (χ3v) is 4.39. The summed E-state index contributed by atoms with van der Waals surface area (Å²) in [6, 6.07) is 9.43. The van der Waals surface area contributed by atoms with E-state index in [2.05, 4.69) is 71.1 Å². The van der Waals surface area contributed by atoms with Crippen LogP contribution in [0.15, 0.2) is 24.3 Å². The minimum Gasteiger partial charge on any atom is -0.491 e. The largest absolute Gasteiger partial charge is 0.491 e. The van der Waals surface area contributed by atoms with E-state index in [1.54, 1.807) is 0 Å². The van der Waals surface area contributed by atoms with Gasteiger partial charge in [0.25, 0.3) is 0 Å². The lowest BCUT2D eigenvalue weighted by molar-refractivity contribution is -0.0648. The SMILES string of the molecule is CC(C)Oc1ccc([C@H](N[C@H]2CCOC(C)(C)C2)C(C)C)cc1. The molecule has 1 N–H and O–H groups in total. The zero-order chi connectivity index (χ0) is 17.0. The number of nitrogens with one attached hydrogen (secondary N) is 1. The van der Waals surface area contributed by atoms with Crippen molar-refractivity contribution in [2.24, 2.45) is 5.92 Å². The molecule has 0 amide bonds. The molecular weight excluding hydrogens is 286 g/mol. The lowest BCUT2D eigenvalue weighted by Crippen LogP contribution is -2.45. The summed E-state index contributed by atoms with van der Waals surface area (Å²) in [5.41, 5.74) is 1.31. The average Bonchev–Trinajstić information content (AvgIpc) is 2.44. The van der Waals surface area contributed by atoms with Crippen molar-refractivity contribution in [2.75, 3.05) is 6.61 Å². The Labute approximate surface area is 141 Å². The van der Waals surface area contributed by atoms with Gasteiger partial charge in [0.05, 0.1) is 11.7 Å². The van der Waals surface area contributed by atoms with E-state index >= 15 is 0 Å². The molecule has 3 heteroatoms. The number of hydrogen-bond acceptors (Lipinski definition) is 3. The van der Waals surface area contributed by atoms with Crippen LogP contribution in [0, 0.1) is 5.92 Å². The summed E-state index contributed by atoms with van der Waals surface area (Å²) in [5, 5.41) is 3.87. The number of benzene rings is 1. The summed E-state index contributed by atoms with van der Waals surface area (Å²) < 4.78 is 11.6. The van der Waals surface area contributed by atoms with E-state index < -0.39 is 0 Å². The monoisotopic (exact) mass is 319 g/mol. The van der Waals surface area contributed by atoms with Crippen molar-refractivity contribution in [1.29, 1.82) is 0 Å². The van der Waals surface area contributed by atoms with Gasteiger partial charge in [0.2, 0.25) is 0 Å². The molecule has 1 saturated heterocycles. The van der Waals surface area contributed by atoms with Gasteiger partial charge in [-0.1, -0.05) is 26.0 Å². The molecule has 2 atom stereocenters. The Morgan fingerprint density at radius 1 is 1.13 bits per heavy atom. The van der Waals surface area contributed by atoms with Crippen molar-refractivity contribution in [3.05, 3.63) is 29.8 Å². The van der Waals surface area contributed by atoms with E-state index in [1.165, 1.54) is 5.56 Å². The molecule has 0 aliphatic carbocycles. The first-order valence-corrected chi connectivity index (χ1v) is 8.93. The van der Waals surface area contributed by atoms with E-state index in [1.807, 2.05) is 0 Å². The standard InChI is InChI=1S/C20H33NO2/c1-14(2)19(21-17-11-12-22-20(5,6)13-17)16-7-9-18(10-8-16)23-15(3)4/h7-10,14-15,17,19,21H,11-13H2,1-6H3/t17-,19+/m0/s1. The van der Waals surface area contributed by atoms with Crippen molar-refractivity contribution in [3.8, 4) is 5.75 Å². The van der Waals surface area contributed by atoms with Crippen LogP contribution < -0.4 is 10.1 Å². The summed E-state index contributed by atoms with van der Waals surface area (Å²) in [5.74, 6) is 1.48. The van der Waals surface area contributed by atoms with E-state index in [0.717, 1.165) is 25.2 Å². The normalized spacial score (nSPS) is 22.3. The maximum atomic E-state index is 5.84. The van der Waals surface area contributed by atoms with Crippen molar-refractivity contribution in [3.63, 3.8) is 0 Å². The lowest BCUT2D eigenvalue weighted by atomic mass is 9.90. The maximum absolute atomic E-state index is 5.84. The Balaban J connectivity index is 2.06. The second kappa shape index (κ2) is 7.67. The molecule has 0 spiro atoms. The maximum Gasteiger partial charge on any atom is 0.119 e. The summed E-state index contributed by atoms with van der Waals surface area (Å²) in [6.45, 7) is 13.9. The zero-order valence-corrected chi connectivity index (χ0v) is 15.6. The molecule has 0 aromatic heterocycles. The number of hydrogen-bond donors (Lipinski definition) is 1. The second-order valence-corrected chi connectivity index (χ2v) is 7.92. The summed E-state index contributed by atoms with van der Waals surface area (Å²) >= 11 is 0. The zero-order valence-electron chi connectivity index (χ0n) is 15.6. The van der Waals surface area contributed by atoms with Crippen LogP contribution in [0.4, 0.5) is 0 Å². The quantitative estimate of drug-likeness (QED) is 0.823. The molecule has 1 fully saturated rings. The van der Waals surface area contributed by atoms with Gasteiger partial charge in [-0.2, -0.15) is 0 Å². The van der Waals surface area contributed by atoms with Crippen LogP contribution in [-0.4, -0.2) is 24.4 Å². The highest BCUT2D eigenvalue weighted by atomic mass is 16.5. The van der Waals surface area contributed by atoms with Crippen LogP contribution >= 0.6 is 0 Å². The van der Waals surface area contributed by atoms with Crippen LogP contribution in [0.1, 0.15) is 66.0 Å². The highest BCUT2D eigenvalue weighted by Gasteiger charge is 2.30. The molecule has 23 heavy (non-hydrogen) atoms. The molecule has 0 bridgehead atoms. The highest BCUT2D eigenvalue weighted by molar-refractivity contribution is 5.29. The fourth-order valence-corrected chi connectivity index (χ4v) is 3.33. The first-order valence-electron chi connectivity index (χ1n) is 8.93. The molecule has 1 aromatic rings. The van der Waals surface area contributed by atoms with Crippen molar-refractivity contribution >= 4 is 0 Å². The third-order valence-electron chi connectivity index (χ3n) is 4.39. The van der Waals surface area contributed by atoms with Gasteiger partial charge < -0.3 is 14.8 Å². The predicted octanol–water partition coefficient (Wildman–Crippen LogP) is 4.72. The van der Waals surface area contributed by atoms with Crippen LogP contribution in [-0.2, 0) is 4.74 Å². The average molecular weight is 319 g/mol. The van der Waals surface area contributed by atoms with Crippen molar-refractivity contribution in [2.45, 2.75) is 78.2 Å². The number of ether oxygens (including phenoxy) is 2. The molecule has 1 aromatic carbocycles. The molecule has 0 saturated carbocycles. The Morgan fingerprint density at radius 3 is 2.30 bits per heavy atom. The molecule has 0 radical (unpaired) electrons. The Kier molecular flexibility index (Phi) is 6.10. The molecule has 1 aliphatic rings. The van der Waals surface area contributed by atoms with E-state index in [4.69, 9.17) is 9.47 Å². The number of rotatable bonds is 6. The molecule has 0 unspecified atom stereocenters. The van der Waals surface area contributed by atoms with Crippen molar-refractivity contribution < 1.29 is 9.47 Å². The Morgan fingerprint density at radius 2 is 1.78 bits per heavy atom. The molecule has 3 nitrogen and oxygen atoms in total. The van der Waals surface area contributed by atoms with Crippen molar-refractivity contribution in [1.82, 2.24) is 5.32 Å². The molecule has 2 rings (SSSR count). The van der Waals surface area contributed by atoms with Crippen LogP contribution in [0.5, 0.6) is 5.75 Å². The summed E-state index contributed by atoms with van der Waals surface area (Å²) in [4.78, 5) is 0. The lowest BCUT2D eigenvalue weighted by Gasteiger charge is -2.38. The van der Waals surface area contributed by atoms with Crippen LogP contribution in [0.3, 0.4) is 0 Å². The summed E-state index contributed by atoms with van der Waals surface area (Å²) in [7, 11) is 0. The van der Waals surface area contributed by atoms with Gasteiger partial charge in [-0.3, -0.25) is 0 Å². The van der Waals surface area contributed by atoms with Crippen LogP contribution in [0.2, 0.25) is 0 Å². The van der Waals surface area contributed by atoms with E-state index in [9.17, 15) is 0 Å². The molecule has 130 valence electrons. The fourth-order valence-electron chi connectivity index (χ4n) is 3.33. The highest BCUT2D eigenvalue weighted by Crippen LogP contribution is 2.29. The van der Waals surface area contributed by atoms with Gasteiger partial charge in [0.1, 0.15) is 5.75 Å². The first kappa shape index (κ1) is 18.3. The van der Waals surface area contributed by atoms with Gasteiger partial charge in [-0.05, 0) is 64.2 Å². The van der Waals surface area contributed by atoms with Gasteiger partial charge in [-0.25, -0.2) is 0 Å². The predicted molar refractivity (Wildman–Crippen MR) is 96.0 cm³/mol. The third kappa shape index (κ3) is 5.50. The van der Waals surface area contributed by atoms with Gasteiger partial charge in [0, 0.05) is 18.7 Å². The van der Waals surface area contributed by atoms with Gasteiger partial charge in [-0.15, -0.1) is 0 Å². The molecular formula is C20H33NO2. The molecule has 1 aliphatic heterocycles. The fraction of sp³-hybridized carbons (Fsp3) is 0.700. The Hall–Kier alpha value is -1.06. The van der Waals surface area contributed by atoms with Gasteiger partial charge in [0.15, 0.2) is 0 Å². The van der Waals surface area contributed by atoms with Gasteiger partial charge >= 0.3 is 0 Å². The topological polar surface area (TPSA) is 30.5 Å². The Bertz CT molecular complexity index is 479. The first-order chi connectivity index (χ1) is 10.8. The minimum atomic E-state index is -0.0214. The van der Waals surface area contributed by atoms with E-state index in [0.29, 0.717) is 18.0 Å². The van der Waals surface area contributed by atoms with E-state index in [-0.39, 0.29) is 11.7 Å². The van der Waals surface area contributed by atoms with Crippen LogP contribution in [0.25, 0.3) is 0 Å². The summed E-state index contributed by atoms with van der Waals surface area (Å²) in [6.07, 6.45) is 2.36. The minimum absolute atomic E-state index is 0.0214. The second-order valence-electron chi connectivity index (χ2n) is 7.92. The molecule has 1 heterocycles.